The van der Waals surface area contributed by atoms with Crippen LogP contribution in [0, 0.1) is 0 Å². The number of carbonyl (C=O) groups excluding carboxylic acids is 2. The van der Waals surface area contributed by atoms with E-state index in [0.717, 1.165) is 6.26 Å². The normalized spacial score (nSPS) is 12.0. The SMILES string of the molecule is COc1ccc(C(=O)O[C@H](C)C(=O)c2ccc(NS(C)(=O)=O)cc2)c(OC)c1. The molecule has 0 fully saturated rings. The lowest BCUT2D eigenvalue weighted by Crippen LogP contribution is -2.24. The van der Waals surface area contributed by atoms with Gasteiger partial charge in [0.15, 0.2) is 6.10 Å². The smallest absolute Gasteiger partial charge is 0.342 e. The molecule has 0 bridgehead atoms. The highest BCUT2D eigenvalue weighted by atomic mass is 32.2. The number of Topliss-reactive ketones (excluding diaryl/α,β-unsaturated/α-hetero) is 1. The summed E-state index contributed by atoms with van der Waals surface area (Å²) in [6.45, 7) is 1.46. The van der Waals surface area contributed by atoms with Gasteiger partial charge in [-0.25, -0.2) is 13.2 Å². The summed E-state index contributed by atoms with van der Waals surface area (Å²) in [5.74, 6) is -0.358. The molecule has 2 aromatic carbocycles. The first-order chi connectivity index (χ1) is 13.1. The molecule has 9 heteroatoms. The minimum Gasteiger partial charge on any atom is -0.497 e. The minimum atomic E-state index is -3.41. The Bertz CT molecular complexity index is 968. The van der Waals surface area contributed by atoms with E-state index in [1.54, 1.807) is 6.07 Å². The number of rotatable bonds is 8. The number of methoxy groups -OCH3 is 2. The molecule has 0 heterocycles. The molecule has 0 aliphatic heterocycles. The van der Waals surface area contributed by atoms with Crippen molar-refractivity contribution >= 4 is 27.5 Å². The van der Waals surface area contributed by atoms with Crippen LogP contribution in [0.25, 0.3) is 0 Å². The highest BCUT2D eigenvalue weighted by Crippen LogP contribution is 2.25. The Morgan fingerprint density at radius 2 is 1.64 bits per heavy atom. The molecule has 0 saturated heterocycles. The van der Waals surface area contributed by atoms with Gasteiger partial charge in [0.2, 0.25) is 15.8 Å². The summed E-state index contributed by atoms with van der Waals surface area (Å²) in [6.07, 6.45) is -0.0193. The Morgan fingerprint density at radius 3 is 2.18 bits per heavy atom. The van der Waals surface area contributed by atoms with Crippen LogP contribution in [0.2, 0.25) is 0 Å². The lowest BCUT2D eigenvalue weighted by molar-refractivity contribution is 0.0316. The lowest BCUT2D eigenvalue weighted by atomic mass is 10.1. The maximum absolute atomic E-state index is 12.5. The van der Waals surface area contributed by atoms with Crippen molar-refractivity contribution in [3.63, 3.8) is 0 Å². The van der Waals surface area contributed by atoms with Gasteiger partial charge in [-0.3, -0.25) is 9.52 Å². The highest BCUT2D eigenvalue weighted by Gasteiger charge is 2.23. The predicted molar refractivity (Wildman–Crippen MR) is 104 cm³/mol. The quantitative estimate of drug-likeness (QED) is 0.529. The number of ketones is 1. The number of anilines is 1. The van der Waals surface area contributed by atoms with E-state index in [1.165, 1.54) is 57.5 Å². The van der Waals surface area contributed by atoms with Gasteiger partial charge in [0.25, 0.3) is 0 Å². The van der Waals surface area contributed by atoms with Gasteiger partial charge in [-0.05, 0) is 43.3 Å². The van der Waals surface area contributed by atoms with Crippen molar-refractivity contribution < 1.29 is 32.2 Å². The fourth-order valence-electron chi connectivity index (χ4n) is 2.40. The first-order valence-electron chi connectivity index (χ1n) is 8.19. The molecule has 0 aromatic heterocycles. The van der Waals surface area contributed by atoms with Crippen molar-refractivity contribution in [3.8, 4) is 11.5 Å². The Kier molecular flexibility index (Phi) is 6.63. The average Bonchev–Trinajstić information content (AvgIpc) is 2.66. The molecule has 0 spiro atoms. The molecule has 0 unspecified atom stereocenters. The van der Waals surface area contributed by atoms with Crippen molar-refractivity contribution in [1.82, 2.24) is 0 Å². The standard InChI is InChI=1S/C19H21NO7S/c1-12(18(21)13-5-7-14(8-6-13)20-28(4,23)24)27-19(22)16-10-9-15(25-2)11-17(16)26-3/h5-12,20H,1-4H3/t12-/m1/s1. The number of hydrogen-bond donors (Lipinski definition) is 1. The Labute approximate surface area is 163 Å². The molecule has 0 radical (unpaired) electrons. The summed E-state index contributed by atoms with van der Waals surface area (Å²) >= 11 is 0. The number of benzene rings is 2. The summed E-state index contributed by atoms with van der Waals surface area (Å²) in [6, 6.07) is 10.4. The molecule has 0 aliphatic rings. The maximum atomic E-state index is 12.5. The van der Waals surface area contributed by atoms with E-state index in [-0.39, 0.29) is 16.9 Å². The molecule has 1 atom stereocenters. The predicted octanol–water partition coefficient (Wildman–Crippen LogP) is 2.50. The van der Waals surface area contributed by atoms with Crippen LogP contribution in [0.5, 0.6) is 11.5 Å². The van der Waals surface area contributed by atoms with E-state index < -0.39 is 27.9 Å². The van der Waals surface area contributed by atoms with Crippen LogP contribution in [-0.4, -0.2) is 46.7 Å². The summed E-state index contributed by atoms with van der Waals surface area (Å²) in [4.78, 5) is 24.9. The summed E-state index contributed by atoms with van der Waals surface area (Å²) < 4.78 is 40.3. The van der Waals surface area contributed by atoms with Crippen molar-refractivity contribution in [2.45, 2.75) is 13.0 Å². The van der Waals surface area contributed by atoms with E-state index in [0.29, 0.717) is 11.4 Å². The van der Waals surface area contributed by atoms with Gasteiger partial charge in [0.05, 0.1) is 20.5 Å². The third-order valence-corrected chi connectivity index (χ3v) is 4.36. The molecule has 8 nitrogen and oxygen atoms in total. The van der Waals surface area contributed by atoms with Crippen LogP contribution in [0.3, 0.4) is 0 Å². The molecule has 0 amide bonds. The van der Waals surface area contributed by atoms with Crippen LogP contribution in [0.15, 0.2) is 42.5 Å². The zero-order chi connectivity index (χ0) is 20.9. The van der Waals surface area contributed by atoms with E-state index >= 15 is 0 Å². The second-order valence-electron chi connectivity index (χ2n) is 5.93. The fraction of sp³-hybridized carbons (Fsp3) is 0.263. The van der Waals surface area contributed by atoms with Gasteiger partial charge < -0.3 is 14.2 Å². The maximum Gasteiger partial charge on any atom is 0.342 e. The number of ether oxygens (including phenoxy) is 3. The van der Waals surface area contributed by atoms with Crippen LogP contribution in [0.1, 0.15) is 27.6 Å². The van der Waals surface area contributed by atoms with Gasteiger partial charge in [-0.1, -0.05) is 0 Å². The Balaban J connectivity index is 2.10. The second-order valence-corrected chi connectivity index (χ2v) is 7.68. The molecule has 150 valence electrons. The second kappa shape index (κ2) is 8.75. The molecule has 2 aromatic rings. The van der Waals surface area contributed by atoms with E-state index in [4.69, 9.17) is 14.2 Å². The topological polar surface area (TPSA) is 108 Å². The number of nitrogens with one attached hydrogen (secondary N) is 1. The molecule has 2 rings (SSSR count). The molecule has 0 aliphatic carbocycles. The van der Waals surface area contributed by atoms with Gasteiger partial charge in [0, 0.05) is 17.3 Å². The van der Waals surface area contributed by atoms with Crippen LogP contribution in [0.4, 0.5) is 5.69 Å². The van der Waals surface area contributed by atoms with Crippen molar-refractivity contribution in [2.24, 2.45) is 0 Å². The zero-order valence-electron chi connectivity index (χ0n) is 15.9. The number of hydrogen-bond acceptors (Lipinski definition) is 7. The lowest BCUT2D eigenvalue weighted by Gasteiger charge is -2.15. The van der Waals surface area contributed by atoms with Gasteiger partial charge in [-0.15, -0.1) is 0 Å². The van der Waals surface area contributed by atoms with Gasteiger partial charge in [-0.2, -0.15) is 0 Å². The number of carbonyl (C=O) groups is 2. The molecular formula is C19H21NO7S. The highest BCUT2D eigenvalue weighted by molar-refractivity contribution is 7.92. The van der Waals surface area contributed by atoms with Crippen LogP contribution >= 0.6 is 0 Å². The minimum absolute atomic E-state index is 0.163. The largest absolute Gasteiger partial charge is 0.497 e. The monoisotopic (exact) mass is 407 g/mol. The first kappa shape index (κ1) is 21.2. The van der Waals surface area contributed by atoms with Crippen molar-refractivity contribution in [1.29, 1.82) is 0 Å². The van der Waals surface area contributed by atoms with Crippen molar-refractivity contribution in [3.05, 3.63) is 53.6 Å². The Morgan fingerprint density at radius 1 is 1.00 bits per heavy atom. The third-order valence-electron chi connectivity index (χ3n) is 3.75. The first-order valence-corrected chi connectivity index (χ1v) is 10.1. The van der Waals surface area contributed by atoms with Crippen LogP contribution in [-0.2, 0) is 14.8 Å². The summed E-state index contributed by atoms with van der Waals surface area (Å²) in [7, 11) is -0.511. The number of sulfonamides is 1. The van der Waals surface area contributed by atoms with E-state index in [9.17, 15) is 18.0 Å². The average molecular weight is 407 g/mol. The zero-order valence-corrected chi connectivity index (χ0v) is 16.7. The summed E-state index contributed by atoms with van der Waals surface area (Å²) in [5, 5.41) is 0. The van der Waals surface area contributed by atoms with E-state index in [2.05, 4.69) is 4.72 Å². The molecule has 1 N–H and O–H groups in total. The fourth-order valence-corrected chi connectivity index (χ4v) is 2.96. The number of esters is 1. The summed E-state index contributed by atoms with van der Waals surface area (Å²) in [5.41, 5.74) is 0.767. The van der Waals surface area contributed by atoms with Crippen LogP contribution < -0.4 is 14.2 Å². The van der Waals surface area contributed by atoms with Gasteiger partial charge >= 0.3 is 5.97 Å². The molecule has 0 saturated carbocycles. The molecule has 28 heavy (non-hydrogen) atoms. The molecular weight excluding hydrogens is 386 g/mol. The van der Waals surface area contributed by atoms with Gasteiger partial charge in [0.1, 0.15) is 17.1 Å². The van der Waals surface area contributed by atoms with E-state index in [1.807, 2.05) is 0 Å². The Hall–Kier alpha value is -3.07. The van der Waals surface area contributed by atoms with Crippen molar-refractivity contribution in [2.75, 3.05) is 25.2 Å². The third kappa shape index (κ3) is 5.46.